The zero-order valence-electron chi connectivity index (χ0n) is 16.4. The highest BCUT2D eigenvalue weighted by Gasteiger charge is 2.16. The van der Waals surface area contributed by atoms with E-state index in [-0.39, 0.29) is 12.6 Å². The Labute approximate surface area is 175 Å². The van der Waals surface area contributed by atoms with Crippen LogP contribution in [0.4, 0.5) is 0 Å². The Morgan fingerprint density at radius 2 is 1.61 bits per heavy atom. The largest absolute Gasteiger partial charge is 0.353 e. The molecule has 0 aliphatic carbocycles. The van der Waals surface area contributed by atoms with E-state index >= 15 is 0 Å². The minimum atomic E-state index is -0.00248. The van der Waals surface area contributed by atoms with E-state index in [1.165, 1.54) is 33.7 Å². The first-order valence-corrected chi connectivity index (χ1v) is 12.2. The number of rotatable bonds is 9. The molecule has 4 heterocycles. The standard InChI is InChI=1S/C22H30O4S2/c1-3-10-23-20(5-1)25-12-7-17-15-19(28-16-17)22-18(9-14-27-22)8-13-26-21-6-2-4-11-24-21/h9,14-16,20-21H,1-8,10-13H2. The monoisotopic (exact) mass is 422 g/mol. The first-order valence-electron chi connectivity index (χ1n) is 10.5. The highest BCUT2D eigenvalue weighted by molar-refractivity contribution is 7.20. The summed E-state index contributed by atoms with van der Waals surface area (Å²) in [6.45, 7) is 3.13. The summed E-state index contributed by atoms with van der Waals surface area (Å²) in [6.07, 6.45) is 8.69. The highest BCUT2D eigenvalue weighted by atomic mass is 32.1. The molecule has 0 amide bonds. The Morgan fingerprint density at radius 1 is 0.893 bits per heavy atom. The predicted octanol–water partition coefficient (Wildman–Crippen LogP) is 5.65. The van der Waals surface area contributed by atoms with E-state index in [1.807, 2.05) is 22.7 Å². The van der Waals surface area contributed by atoms with Crippen LogP contribution in [0.5, 0.6) is 0 Å². The van der Waals surface area contributed by atoms with Crippen molar-refractivity contribution in [2.24, 2.45) is 0 Å². The van der Waals surface area contributed by atoms with E-state index in [0.717, 1.165) is 65.0 Å². The molecule has 4 nitrogen and oxygen atoms in total. The molecule has 6 heteroatoms. The molecule has 2 unspecified atom stereocenters. The molecule has 2 aromatic heterocycles. The topological polar surface area (TPSA) is 36.9 Å². The van der Waals surface area contributed by atoms with E-state index in [0.29, 0.717) is 0 Å². The molecule has 0 N–H and O–H groups in total. The first kappa shape index (κ1) is 20.5. The number of thiophene rings is 2. The van der Waals surface area contributed by atoms with Crippen molar-refractivity contribution in [2.45, 2.75) is 63.9 Å². The molecule has 4 rings (SSSR count). The second-order valence-electron chi connectivity index (χ2n) is 7.43. The van der Waals surface area contributed by atoms with E-state index in [4.69, 9.17) is 18.9 Å². The maximum atomic E-state index is 5.92. The summed E-state index contributed by atoms with van der Waals surface area (Å²) in [5, 5.41) is 4.45. The summed E-state index contributed by atoms with van der Waals surface area (Å²) < 4.78 is 23.1. The van der Waals surface area contributed by atoms with E-state index < -0.39 is 0 Å². The van der Waals surface area contributed by atoms with Gasteiger partial charge in [0.15, 0.2) is 12.6 Å². The minimum absolute atomic E-state index is 0.00248. The van der Waals surface area contributed by atoms with Crippen LogP contribution in [0, 0.1) is 0 Å². The molecule has 0 aromatic carbocycles. The summed E-state index contributed by atoms with van der Waals surface area (Å²) in [5.41, 5.74) is 2.73. The number of ether oxygens (including phenoxy) is 4. The molecule has 0 bridgehead atoms. The van der Waals surface area contributed by atoms with Crippen LogP contribution >= 0.6 is 22.7 Å². The van der Waals surface area contributed by atoms with Gasteiger partial charge in [0, 0.05) is 23.0 Å². The lowest BCUT2D eigenvalue weighted by Crippen LogP contribution is -2.23. The third kappa shape index (κ3) is 5.88. The van der Waals surface area contributed by atoms with E-state index in [9.17, 15) is 0 Å². The summed E-state index contributed by atoms with van der Waals surface area (Å²) in [7, 11) is 0. The lowest BCUT2D eigenvalue weighted by Gasteiger charge is -2.22. The van der Waals surface area contributed by atoms with Crippen molar-refractivity contribution in [3.05, 3.63) is 34.0 Å². The van der Waals surface area contributed by atoms with E-state index in [2.05, 4.69) is 22.9 Å². The fraction of sp³-hybridized carbons (Fsp3) is 0.636. The Morgan fingerprint density at radius 3 is 2.29 bits per heavy atom. The van der Waals surface area contributed by atoms with Crippen LogP contribution in [0.2, 0.25) is 0 Å². The van der Waals surface area contributed by atoms with Gasteiger partial charge in [0.05, 0.1) is 13.2 Å². The van der Waals surface area contributed by atoms with Crippen LogP contribution in [-0.2, 0) is 31.8 Å². The first-order chi connectivity index (χ1) is 13.9. The van der Waals surface area contributed by atoms with Crippen molar-refractivity contribution in [1.29, 1.82) is 0 Å². The van der Waals surface area contributed by atoms with Crippen molar-refractivity contribution < 1.29 is 18.9 Å². The van der Waals surface area contributed by atoms with Gasteiger partial charge in [-0.25, -0.2) is 0 Å². The van der Waals surface area contributed by atoms with Gasteiger partial charge < -0.3 is 18.9 Å². The average Bonchev–Trinajstić information content (AvgIpc) is 3.39. The molecule has 0 saturated carbocycles. The molecule has 2 aromatic rings. The van der Waals surface area contributed by atoms with Gasteiger partial charge in [-0.15, -0.1) is 22.7 Å². The van der Waals surface area contributed by atoms with Gasteiger partial charge in [-0.1, -0.05) is 0 Å². The van der Waals surface area contributed by atoms with Crippen molar-refractivity contribution in [3.63, 3.8) is 0 Å². The zero-order valence-corrected chi connectivity index (χ0v) is 18.0. The van der Waals surface area contributed by atoms with Crippen molar-refractivity contribution in [2.75, 3.05) is 26.4 Å². The molecule has 2 atom stereocenters. The molecule has 0 spiro atoms. The molecular weight excluding hydrogens is 392 g/mol. The highest BCUT2D eigenvalue weighted by Crippen LogP contribution is 2.35. The maximum Gasteiger partial charge on any atom is 0.157 e. The lowest BCUT2D eigenvalue weighted by atomic mass is 10.1. The fourth-order valence-corrected chi connectivity index (χ4v) is 5.74. The van der Waals surface area contributed by atoms with Crippen LogP contribution in [0.25, 0.3) is 9.75 Å². The molecule has 154 valence electrons. The van der Waals surface area contributed by atoms with Crippen LogP contribution in [0.15, 0.2) is 22.9 Å². The van der Waals surface area contributed by atoms with Crippen LogP contribution in [0.1, 0.15) is 49.7 Å². The summed E-state index contributed by atoms with van der Waals surface area (Å²) >= 11 is 3.65. The summed E-state index contributed by atoms with van der Waals surface area (Å²) in [5.74, 6) is 0. The molecule has 2 aliphatic rings. The average molecular weight is 423 g/mol. The van der Waals surface area contributed by atoms with Gasteiger partial charge >= 0.3 is 0 Å². The van der Waals surface area contributed by atoms with Crippen molar-refractivity contribution in [3.8, 4) is 9.75 Å². The van der Waals surface area contributed by atoms with Gasteiger partial charge in [0.1, 0.15) is 0 Å². The van der Waals surface area contributed by atoms with Crippen LogP contribution in [0.3, 0.4) is 0 Å². The molecular formula is C22H30O4S2. The normalized spacial score (nSPS) is 23.1. The van der Waals surface area contributed by atoms with Gasteiger partial charge in [0.2, 0.25) is 0 Å². The Hall–Kier alpha value is -0.760. The fourth-order valence-electron chi connectivity index (χ4n) is 3.67. The third-order valence-corrected chi connectivity index (χ3v) is 7.39. The molecule has 2 aliphatic heterocycles. The Bertz CT molecular complexity index is 699. The second kappa shape index (κ2) is 10.9. The van der Waals surface area contributed by atoms with Crippen LogP contribution in [-0.4, -0.2) is 39.0 Å². The van der Waals surface area contributed by atoms with E-state index in [1.54, 1.807) is 0 Å². The summed E-state index contributed by atoms with van der Waals surface area (Å²) in [4.78, 5) is 2.73. The number of hydrogen-bond donors (Lipinski definition) is 0. The summed E-state index contributed by atoms with van der Waals surface area (Å²) in [6, 6.07) is 4.55. The quantitative estimate of drug-likeness (QED) is 0.523. The van der Waals surface area contributed by atoms with Gasteiger partial charge in [0.25, 0.3) is 0 Å². The molecule has 2 fully saturated rings. The molecule has 2 saturated heterocycles. The second-order valence-corrected chi connectivity index (χ2v) is 9.26. The predicted molar refractivity (Wildman–Crippen MR) is 114 cm³/mol. The zero-order chi connectivity index (χ0) is 19.0. The van der Waals surface area contributed by atoms with Gasteiger partial charge in [-0.05, 0) is 85.4 Å². The molecule has 0 radical (unpaired) electrons. The van der Waals surface area contributed by atoms with Crippen molar-refractivity contribution >= 4 is 22.7 Å². The van der Waals surface area contributed by atoms with Crippen LogP contribution < -0.4 is 0 Å². The van der Waals surface area contributed by atoms with Crippen molar-refractivity contribution in [1.82, 2.24) is 0 Å². The Balaban J connectivity index is 1.24. The third-order valence-electron chi connectivity index (χ3n) is 5.27. The number of hydrogen-bond acceptors (Lipinski definition) is 6. The lowest BCUT2D eigenvalue weighted by molar-refractivity contribution is -0.161. The smallest absolute Gasteiger partial charge is 0.157 e. The SMILES string of the molecule is c1cc(CCOC2CCCCO2)c(-c2cc(CCOC3CCCCO3)cs2)s1. The Kier molecular flexibility index (Phi) is 7.95. The molecule has 28 heavy (non-hydrogen) atoms. The van der Waals surface area contributed by atoms with Gasteiger partial charge in [-0.2, -0.15) is 0 Å². The van der Waals surface area contributed by atoms with Gasteiger partial charge in [-0.3, -0.25) is 0 Å². The maximum absolute atomic E-state index is 5.92. The minimum Gasteiger partial charge on any atom is -0.353 e.